The van der Waals surface area contributed by atoms with Gasteiger partial charge >= 0.3 is 0 Å². The van der Waals surface area contributed by atoms with Crippen LogP contribution in [0.25, 0.3) is 0 Å². The Balaban J connectivity index is 2.11. The average Bonchev–Trinajstić information content (AvgIpc) is 2.59. The molecule has 120 valence electrons. The molecular formula is C22H22N2. The van der Waals surface area contributed by atoms with Crippen molar-refractivity contribution in [3.05, 3.63) is 127 Å². The minimum Gasteiger partial charge on any atom is -0.301 e. The SMILES string of the molecule is C1=C\C=C/C=C\C(NNc2ccccccccc2)=C/C=C\C=C/1. The molecule has 0 bridgehead atoms. The summed E-state index contributed by atoms with van der Waals surface area (Å²) in [5.41, 5.74) is 8.38. The summed E-state index contributed by atoms with van der Waals surface area (Å²) in [4.78, 5) is 0. The van der Waals surface area contributed by atoms with Crippen LogP contribution < -0.4 is 10.9 Å². The van der Waals surface area contributed by atoms with Crippen LogP contribution >= 0.6 is 0 Å². The smallest absolute Gasteiger partial charge is 0.0539 e. The minimum absolute atomic E-state index is 0.958. The van der Waals surface area contributed by atoms with Crippen LogP contribution in [0.4, 0.5) is 5.69 Å². The van der Waals surface area contributed by atoms with Gasteiger partial charge in [-0.25, -0.2) is 0 Å². The van der Waals surface area contributed by atoms with Gasteiger partial charge in [-0.2, -0.15) is 0 Å². The molecule has 2 N–H and O–H groups in total. The van der Waals surface area contributed by atoms with Gasteiger partial charge < -0.3 is 10.9 Å². The molecule has 2 heteroatoms. The number of rotatable bonds is 3. The van der Waals surface area contributed by atoms with E-state index in [1.165, 1.54) is 0 Å². The van der Waals surface area contributed by atoms with E-state index in [1.54, 1.807) is 0 Å². The second-order valence-electron chi connectivity index (χ2n) is 4.91. The molecule has 0 aromatic heterocycles. The van der Waals surface area contributed by atoms with Gasteiger partial charge in [0.05, 0.1) is 11.4 Å². The van der Waals surface area contributed by atoms with Gasteiger partial charge in [0.25, 0.3) is 0 Å². The Bertz CT molecular complexity index is 708. The Hall–Kier alpha value is -3.26. The predicted molar refractivity (Wildman–Crippen MR) is 105 cm³/mol. The topological polar surface area (TPSA) is 24.1 Å². The van der Waals surface area contributed by atoms with E-state index in [0.717, 1.165) is 11.4 Å². The molecule has 0 fully saturated rings. The monoisotopic (exact) mass is 314 g/mol. The van der Waals surface area contributed by atoms with Gasteiger partial charge in [-0.15, -0.1) is 0 Å². The normalized spacial score (nSPS) is 22.1. The van der Waals surface area contributed by atoms with Crippen LogP contribution in [0.1, 0.15) is 0 Å². The first-order valence-corrected chi connectivity index (χ1v) is 7.90. The Morgan fingerprint density at radius 3 is 1.58 bits per heavy atom. The van der Waals surface area contributed by atoms with Crippen molar-refractivity contribution < 1.29 is 0 Å². The number of hydrogen-bond acceptors (Lipinski definition) is 2. The molecule has 1 aliphatic carbocycles. The molecule has 1 aliphatic rings. The molecule has 0 aliphatic heterocycles. The van der Waals surface area contributed by atoms with Gasteiger partial charge in [0.2, 0.25) is 0 Å². The zero-order valence-electron chi connectivity index (χ0n) is 13.5. The van der Waals surface area contributed by atoms with Gasteiger partial charge in [0, 0.05) is 0 Å². The van der Waals surface area contributed by atoms with E-state index in [4.69, 9.17) is 0 Å². The number of nitrogens with one attached hydrogen (secondary N) is 2. The molecule has 0 atom stereocenters. The lowest BCUT2D eigenvalue weighted by molar-refractivity contribution is 0.999. The zero-order valence-corrected chi connectivity index (χ0v) is 13.5. The van der Waals surface area contributed by atoms with Crippen molar-refractivity contribution in [1.82, 2.24) is 5.43 Å². The Kier molecular flexibility index (Phi) is 8.07. The first-order chi connectivity index (χ1) is 11.9. The van der Waals surface area contributed by atoms with E-state index in [0.29, 0.717) is 0 Å². The molecular weight excluding hydrogens is 292 g/mol. The van der Waals surface area contributed by atoms with Crippen LogP contribution in [-0.4, -0.2) is 0 Å². The van der Waals surface area contributed by atoms with E-state index in [1.807, 2.05) is 121 Å². The lowest BCUT2D eigenvalue weighted by atomic mass is 10.3. The van der Waals surface area contributed by atoms with Crippen molar-refractivity contribution >= 4 is 5.69 Å². The number of hydrogen-bond donors (Lipinski definition) is 2. The highest BCUT2D eigenvalue weighted by molar-refractivity contribution is 5.41. The van der Waals surface area contributed by atoms with E-state index < -0.39 is 0 Å². The summed E-state index contributed by atoms with van der Waals surface area (Å²) in [7, 11) is 0. The fraction of sp³-hybridized carbons (Fsp3) is 0. The maximum absolute atomic E-state index is 3.23. The lowest BCUT2D eigenvalue weighted by Gasteiger charge is -2.09. The summed E-state index contributed by atoms with van der Waals surface area (Å²) in [5.74, 6) is 0. The molecule has 0 saturated carbocycles. The van der Waals surface area contributed by atoms with Gasteiger partial charge in [0.1, 0.15) is 0 Å². The van der Waals surface area contributed by atoms with Crippen molar-refractivity contribution in [1.29, 1.82) is 0 Å². The number of allylic oxidation sites excluding steroid dienone is 11. The molecule has 0 saturated heterocycles. The van der Waals surface area contributed by atoms with Crippen molar-refractivity contribution in [2.75, 3.05) is 5.43 Å². The second-order valence-corrected chi connectivity index (χ2v) is 4.91. The summed E-state index contributed by atoms with van der Waals surface area (Å²) >= 11 is 0. The summed E-state index contributed by atoms with van der Waals surface area (Å²) < 4.78 is 0. The molecule has 24 heavy (non-hydrogen) atoms. The molecule has 0 heterocycles. The van der Waals surface area contributed by atoms with Crippen molar-refractivity contribution in [2.24, 2.45) is 0 Å². The van der Waals surface area contributed by atoms with Crippen molar-refractivity contribution in [3.63, 3.8) is 0 Å². The number of hydrazine groups is 1. The first kappa shape index (κ1) is 17.1. The van der Waals surface area contributed by atoms with Gasteiger partial charge in [-0.1, -0.05) is 97.1 Å². The third-order valence-corrected chi connectivity index (χ3v) is 3.01. The molecule has 0 radical (unpaired) electrons. The Morgan fingerprint density at radius 2 is 0.958 bits per heavy atom. The Labute approximate surface area is 144 Å². The van der Waals surface area contributed by atoms with Crippen LogP contribution in [0.3, 0.4) is 0 Å². The van der Waals surface area contributed by atoms with Gasteiger partial charge in [-0.05, 0) is 24.3 Å². The van der Waals surface area contributed by atoms with Gasteiger partial charge in [-0.3, -0.25) is 0 Å². The van der Waals surface area contributed by atoms with Crippen LogP contribution in [0, 0.1) is 0 Å². The average molecular weight is 314 g/mol. The summed E-state index contributed by atoms with van der Waals surface area (Å²) in [6.07, 6.45) is 22.0. The molecule has 1 aromatic rings. The fourth-order valence-corrected chi connectivity index (χ4v) is 1.83. The van der Waals surface area contributed by atoms with E-state index in [9.17, 15) is 0 Å². The van der Waals surface area contributed by atoms with E-state index in [2.05, 4.69) is 10.9 Å². The third kappa shape index (κ3) is 7.66. The molecule has 0 spiro atoms. The summed E-state index contributed by atoms with van der Waals surface area (Å²) in [5, 5.41) is 0. The molecule has 0 unspecified atom stereocenters. The largest absolute Gasteiger partial charge is 0.301 e. The van der Waals surface area contributed by atoms with Crippen LogP contribution in [0.5, 0.6) is 0 Å². The summed E-state index contributed by atoms with van der Waals surface area (Å²) in [6, 6.07) is 18.0. The Morgan fingerprint density at radius 1 is 0.458 bits per heavy atom. The minimum atomic E-state index is 0.958. The maximum Gasteiger partial charge on any atom is 0.0539 e. The first-order valence-electron chi connectivity index (χ1n) is 7.90. The predicted octanol–water partition coefficient (Wildman–Crippen LogP) is 5.41. The van der Waals surface area contributed by atoms with E-state index in [-0.39, 0.29) is 0 Å². The molecule has 2 rings (SSSR count). The van der Waals surface area contributed by atoms with Crippen LogP contribution in [0.15, 0.2) is 127 Å². The van der Waals surface area contributed by atoms with E-state index >= 15 is 0 Å². The van der Waals surface area contributed by atoms with Crippen LogP contribution in [0.2, 0.25) is 0 Å². The highest BCUT2D eigenvalue weighted by Crippen LogP contribution is 2.03. The maximum atomic E-state index is 3.23. The molecule has 1 aromatic carbocycles. The van der Waals surface area contributed by atoms with Crippen molar-refractivity contribution in [3.8, 4) is 0 Å². The zero-order chi connectivity index (χ0) is 16.7. The second kappa shape index (κ2) is 11.3. The van der Waals surface area contributed by atoms with Crippen LogP contribution in [-0.2, 0) is 0 Å². The molecule has 0 amide bonds. The highest BCUT2D eigenvalue weighted by Gasteiger charge is 1.90. The fourth-order valence-electron chi connectivity index (χ4n) is 1.83. The van der Waals surface area contributed by atoms with Crippen molar-refractivity contribution in [2.45, 2.75) is 0 Å². The summed E-state index contributed by atoms with van der Waals surface area (Å²) in [6.45, 7) is 0. The van der Waals surface area contributed by atoms with Gasteiger partial charge in [0.15, 0.2) is 0 Å². The number of anilines is 1. The standard InChI is InChI=1S/C22H22N2/c1-2-5-9-13-17-21(18-14-10-6-3-1)23-24-22-19-15-11-7-4-8-12-16-20-22/h1-20,23-24H/b2-1-,3-1?,5-2?,6-3-,7-4?,8-4?,9-5-,10-6?,11-7?,12-8?,13-9?,14-10-,15-11?,16-12?,17-13-,18-14?,19-15?,20-16?,21-17?,21-18+,22-19?,22-20?. The lowest BCUT2D eigenvalue weighted by Crippen LogP contribution is -2.19. The highest BCUT2D eigenvalue weighted by atomic mass is 15.4. The molecule has 2 nitrogen and oxygen atoms in total. The third-order valence-electron chi connectivity index (χ3n) is 3.01. The quantitative estimate of drug-likeness (QED) is 0.729.